The van der Waals surface area contributed by atoms with E-state index in [0.29, 0.717) is 57.3 Å². The highest BCUT2D eigenvalue weighted by Crippen LogP contribution is 2.35. The van der Waals surface area contributed by atoms with Gasteiger partial charge >= 0.3 is 6.18 Å². The second-order valence-electron chi connectivity index (χ2n) is 8.31. The summed E-state index contributed by atoms with van der Waals surface area (Å²) in [4.78, 5) is 16.5. The van der Waals surface area contributed by atoms with E-state index in [-0.39, 0.29) is 11.3 Å². The van der Waals surface area contributed by atoms with Gasteiger partial charge in [0.2, 0.25) is 5.91 Å². The summed E-state index contributed by atoms with van der Waals surface area (Å²) in [5, 5.41) is 0. The Balaban J connectivity index is 1.71. The molecule has 2 aliphatic heterocycles. The molecule has 2 aliphatic rings. The molecule has 0 unspecified atom stereocenters. The third-order valence-electron chi connectivity index (χ3n) is 5.17. The van der Waals surface area contributed by atoms with E-state index in [1.807, 2.05) is 4.90 Å². The fourth-order valence-corrected chi connectivity index (χ4v) is 4.11. The maximum Gasteiger partial charge on any atom is 0.416 e. The lowest BCUT2D eigenvalue weighted by Crippen LogP contribution is -2.41. The van der Waals surface area contributed by atoms with Gasteiger partial charge in [0.15, 0.2) is 0 Å². The van der Waals surface area contributed by atoms with E-state index in [2.05, 4.69) is 18.7 Å². The van der Waals surface area contributed by atoms with Crippen LogP contribution in [-0.2, 0) is 22.3 Å². The minimum Gasteiger partial charge on any atom is -0.379 e. The van der Waals surface area contributed by atoms with Crippen molar-refractivity contribution >= 4 is 5.91 Å². The Morgan fingerprint density at radius 2 is 2.04 bits per heavy atom. The average Bonchev–Trinajstić information content (AvgIpc) is 2.73. The molecule has 2 fully saturated rings. The van der Waals surface area contributed by atoms with Gasteiger partial charge in [-0.1, -0.05) is 32.0 Å². The first-order valence-electron chi connectivity index (χ1n) is 9.41. The molecule has 3 rings (SSSR count). The highest BCUT2D eigenvalue weighted by molar-refractivity contribution is 5.79. The summed E-state index contributed by atoms with van der Waals surface area (Å²) in [5.74, 6) is 0.547. The van der Waals surface area contributed by atoms with E-state index >= 15 is 0 Å². The standard InChI is InChI=1S/C20H27F3N2O2/c1-15(2)10-25-13-19(9-18(25)26)12-24(6-7-27-14-19)11-16-4-3-5-17(8-16)20(21,22)23/h3-5,8,15H,6-7,9-14H2,1-2H3/t19-/m1/s1. The summed E-state index contributed by atoms with van der Waals surface area (Å²) in [7, 11) is 0. The molecule has 0 bridgehead atoms. The summed E-state index contributed by atoms with van der Waals surface area (Å²) in [6.07, 6.45) is -3.90. The molecule has 2 saturated heterocycles. The van der Waals surface area contributed by atoms with Crippen LogP contribution in [0.15, 0.2) is 24.3 Å². The van der Waals surface area contributed by atoms with Crippen molar-refractivity contribution in [1.82, 2.24) is 9.80 Å². The number of hydrogen-bond acceptors (Lipinski definition) is 3. The summed E-state index contributed by atoms with van der Waals surface area (Å²) in [6, 6.07) is 5.48. The molecule has 1 amide bonds. The zero-order valence-electron chi connectivity index (χ0n) is 15.9. The number of carbonyl (C=O) groups excluding carboxylic acids is 1. The smallest absolute Gasteiger partial charge is 0.379 e. The second-order valence-corrected chi connectivity index (χ2v) is 8.31. The van der Waals surface area contributed by atoms with Crippen LogP contribution in [0.25, 0.3) is 0 Å². The molecule has 0 radical (unpaired) electrons. The van der Waals surface area contributed by atoms with Crippen molar-refractivity contribution < 1.29 is 22.7 Å². The average molecular weight is 384 g/mol. The van der Waals surface area contributed by atoms with Gasteiger partial charge in [-0.25, -0.2) is 0 Å². The van der Waals surface area contributed by atoms with Crippen molar-refractivity contribution in [2.75, 3.05) is 39.4 Å². The number of ether oxygens (including phenoxy) is 1. The molecule has 0 aromatic heterocycles. The molecule has 1 aromatic rings. The quantitative estimate of drug-likeness (QED) is 0.798. The molecule has 2 heterocycles. The first kappa shape index (κ1) is 20.1. The van der Waals surface area contributed by atoms with E-state index < -0.39 is 11.7 Å². The number of carbonyl (C=O) groups is 1. The van der Waals surface area contributed by atoms with Crippen LogP contribution in [0.4, 0.5) is 13.2 Å². The third-order valence-corrected chi connectivity index (χ3v) is 5.17. The molecular formula is C20H27F3N2O2. The lowest BCUT2D eigenvalue weighted by Gasteiger charge is -2.31. The molecule has 1 aromatic carbocycles. The zero-order valence-corrected chi connectivity index (χ0v) is 15.9. The number of likely N-dealkylation sites (tertiary alicyclic amines) is 1. The topological polar surface area (TPSA) is 32.8 Å². The first-order valence-corrected chi connectivity index (χ1v) is 9.41. The molecule has 1 spiro atoms. The Morgan fingerprint density at radius 3 is 2.74 bits per heavy atom. The number of halogens is 3. The first-order chi connectivity index (χ1) is 12.7. The molecule has 0 aliphatic carbocycles. The molecule has 0 N–H and O–H groups in total. The monoisotopic (exact) mass is 384 g/mol. The zero-order chi connectivity index (χ0) is 19.7. The van der Waals surface area contributed by atoms with E-state index in [1.165, 1.54) is 12.1 Å². The predicted molar refractivity (Wildman–Crippen MR) is 96.0 cm³/mol. The van der Waals surface area contributed by atoms with Crippen molar-refractivity contribution in [3.05, 3.63) is 35.4 Å². The van der Waals surface area contributed by atoms with Crippen molar-refractivity contribution in [2.24, 2.45) is 11.3 Å². The Morgan fingerprint density at radius 1 is 1.26 bits per heavy atom. The minimum atomic E-state index is -4.34. The lowest BCUT2D eigenvalue weighted by atomic mass is 9.87. The predicted octanol–water partition coefficient (Wildman–Crippen LogP) is 3.41. The number of amides is 1. The van der Waals surface area contributed by atoms with Crippen LogP contribution in [0.3, 0.4) is 0 Å². The number of hydrogen-bond donors (Lipinski definition) is 0. The van der Waals surface area contributed by atoms with E-state index in [0.717, 1.165) is 12.6 Å². The Bertz CT molecular complexity index is 677. The van der Waals surface area contributed by atoms with Crippen LogP contribution in [0.2, 0.25) is 0 Å². The maximum atomic E-state index is 13.0. The lowest BCUT2D eigenvalue weighted by molar-refractivity contribution is -0.137. The van der Waals surface area contributed by atoms with Gasteiger partial charge < -0.3 is 9.64 Å². The van der Waals surface area contributed by atoms with E-state index in [9.17, 15) is 18.0 Å². The number of benzene rings is 1. The summed E-state index contributed by atoms with van der Waals surface area (Å²) in [6.45, 7) is 8.33. The third kappa shape index (κ3) is 5.02. The molecular weight excluding hydrogens is 357 g/mol. The normalized spacial score (nSPS) is 24.8. The highest BCUT2D eigenvalue weighted by Gasteiger charge is 2.45. The van der Waals surface area contributed by atoms with E-state index in [1.54, 1.807) is 6.07 Å². The Labute approximate surface area is 158 Å². The van der Waals surface area contributed by atoms with Crippen LogP contribution in [0, 0.1) is 11.3 Å². The number of nitrogens with zero attached hydrogens (tertiary/aromatic N) is 2. The van der Waals surface area contributed by atoms with Crippen LogP contribution in [0.5, 0.6) is 0 Å². The fourth-order valence-electron chi connectivity index (χ4n) is 4.11. The Hall–Kier alpha value is -1.60. The highest BCUT2D eigenvalue weighted by atomic mass is 19.4. The summed E-state index contributed by atoms with van der Waals surface area (Å²) in [5.41, 5.74) is -0.269. The van der Waals surface area contributed by atoms with Crippen molar-refractivity contribution in [3.8, 4) is 0 Å². The van der Waals surface area contributed by atoms with Gasteiger partial charge in [-0.2, -0.15) is 13.2 Å². The molecule has 1 atom stereocenters. The number of rotatable bonds is 4. The number of alkyl halides is 3. The molecule has 0 saturated carbocycles. The minimum absolute atomic E-state index is 0.146. The van der Waals surface area contributed by atoms with Crippen LogP contribution >= 0.6 is 0 Å². The van der Waals surface area contributed by atoms with Gasteiger partial charge in [-0.15, -0.1) is 0 Å². The van der Waals surface area contributed by atoms with Crippen LogP contribution in [-0.4, -0.2) is 55.1 Å². The SMILES string of the molecule is CC(C)CN1C[C@@]2(COCCN(Cc3cccc(C(F)(F)F)c3)C2)CC1=O. The summed E-state index contributed by atoms with van der Waals surface area (Å²) < 4.78 is 44.7. The van der Waals surface area contributed by atoms with E-state index in [4.69, 9.17) is 4.74 Å². The van der Waals surface area contributed by atoms with Crippen molar-refractivity contribution in [2.45, 2.75) is 33.0 Å². The van der Waals surface area contributed by atoms with Crippen LogP contribution in [0.1, 0.15) is 31.4 Å². The fraction of sp³-hybridized carbons (Fsp3) is 0.650. The van der Waals surface area contributed by atoms with Gasteiger partial charge in [0.1, 0.15) is 0 Å². The van der Waals surface area contributed by atoms with Crippen molar-refractivity contribution in [3.63, 3.8) is 0 Å². The maximum absolute atomic E-state index is 13.0. The molecule has 4 nitrogen and oxygen atoms in total. The van der Waals surface area contributed by atoms with Gasteiger partial charge in [-0.3, -0.25) is 9.69 Å². The Kier molecular flexibility index (Phi) is 5.82. The van der Waals surface area contributed by atoms with Gasteiger partial charge in [0.05, 0.1) is 18.8 Å². The largest absolute Gasteiger partial charge is 0.416 e. The van der Waals surface area contributed by atoms with Crippen molar-refractivity contribution in [1.29, 1.82) is 0 Å². The summed E-state index contributed by atoms with van der Waals surface area (Å²) >= 11 is 0. The van der Waals surface area contributed by atoms with Crippen LogP contribution < -0.4 is 0 Å². The molecule has 7 heteroatoms. The van der Waals surface area contributed by atoms with Gasteiger partial charge in [-0.05, 0) is 17.5 Å². The van der Waals surface area contributed by atoms with Gasteiger partial charge in [0, 0.05) is 44.6 Å². The molecule has 27 heavy (non-hydrogen) atoms. The second kappa shape index (κ2) is 7.80. The van der Waals surface area contributed by atoms with Gasteiger partial charge in [0.25, 0.3) is 0 Å². The molecule has 150 valence electrons.